The maximum atomic E-state index is 10.7. The molecule has 6 nitrogen and oxygen atoms in total. The summed E-state index contributed by atoms with van der Waals surface area (Å²) in [7, 11) is 1.70. The van der Waals surface area contributed by atoms with E-state index in [0.29, 0.717) is 24.2 Å². The van der Waals surface area contributed by atoms with Gasteiger partial charge in [0, 0.05) is 31.3 Å². The predicted octanol–water partition coefficient (Wildman–Crippen LogP) is 1.55. The zero-order valence-corrected chi connectivity index (χ0v) is 12.5. The van der Waals surface area contributed by atoms with Gasteiger partial charge in [0.15, 0.2) is 0 Å². The minimum absolute atomic E-state index is 0.428. The smallest absolute Gasteiger partial charge is 0.221 e. The summed E-state index contributed by atoms with van der Waals surface area (Å²) in [4.78, 5) is 30.5. The number of carbonyl (C=O) groups excluding carboxylic acids is 3. The number of hydrazine groups is 1. The molecule has 6 heteroatoms. The molecule has 0 spiro atoms. The van der Waals surface area contributed by atoms with E-state index in [1.807, 2.05) is 0 Å². The molecule has 1 aromatic rings. The number of rotatable bonds is 8. The van der Waals surface area contributed by atoms with Crippen LogP contribution in [0.5, 0.6) is 0 Å². The molecule has 1 rings (SSSR count). The van der Waals surface area contributed by atoms with Crippen molar-refractivity contribution in [1.29, 1.82) is 0 Å². The number of nitrogens with two attached hydrogens (primary N) is 1. The molecule has 0 unspecified atom stereocenters. The summed E-state index contributed by atoms with van der Waals surface area (Å²) in [5.74, 6) is 0. The number of aldehydes is 2. The van der Waals surface area contributed by atoms with Gasteiger partial charge in [0.2, 0.25) is 6.41 Å². The summed E-state index contributed by atoms with van der Waals surface area (Å²) in [6.45, 7) is 2.50. The number of carbonyl (C=O) groups is 3. The Morgan fingerprint density at radius 1 is 1.29 bits per heavy atom. The summed E-state index contributed by atoms with van der Waals surface area (Å²) in [6, 6.07) is 5.04. The van der Waals surface area contributed by atoms with Gasteiger partial charge >= 0.3 is 0 Å². The number of nitrogens with zero attached hydrogens (tertiary/aromatic N) is 1. The molecule has 0 bridgehead atoms. The number of benzene rings is 1. The van der Waals surface area contributed by atoms with Gasteiger partial charge in [-0.3, -0.25) is 15.0 Å². The van der Waals surface area contributed by atoms with Gasteiger partial charge in [-0.15, -0.1) is 0 Å². The van der Waals surface area contributed by atoms with Crippen molar-refractivity contribution < 1.29 is 14.4 Å². The number of nitrogen functional groups attached to an aromatic ring is 1. The largest absolute Gasteiger partial charge is 0.399 e. The Bertz CT molecular complexity index is 450. The van der Waals surface area contributed by atoms with Crippen LogP contribution >= 0.6 is 0 Å². The molecule has 21 heavy (non-hydrogen) atoms. The Morgan fingerprint density at radius 3 is 2.48 bits per heavy atom. The first-order valence-electron chi connectivity index (χ1n) is 6.77. The molecule has 0 saturated carbocycles. The molecule has 0 fully saturated rings. The van der Waals surface area contributed by atoms with Crippen molar-refractivity contribution in [3.63, 3.8) is 0 Å². The number of hydrogen-bond donors (Lipinski definition) is 2. The monoisotopic (exact) mass is 293 g/mol. The second-order valence-electron chi connectivity index (χ2n) is 4.49. The van der Waals surface area contributed by atoms with Crippen molar-refractivity contribution in [2.75, 3.05) is 12.8 Å². The molecular formula is C15H23N3O3. The van der Waals surface area contributed by atoms with Crippen LogP contribution in [0.15, 0.2) is 18.2 Å². The van der Waals surface area contributed by atoms with E-state index in [1.165, 1.54) is 0 Å². The van der Waals surface area contributed by atoms with Gasteiger partial charge in [-0.25, -0.2) is 5.01 Å². The fourth-order valence-electron chi connectivity index (χ4n) is 1.56. The highest BCUT2D eigenvalue weighted by Crippen LogP contribution is 2.13. The second kappa shape index (κ2) is 11.6. The lowest BCUT2D eigenvalue weighted by Gasteiger charge is -2.16. The van der Waals surface area contributed by atoms with E-state index in [9.17, 15) is 14.4 Å². The molecule has 0 heterocycles. The summed E-state index contributed by atoms with van der Waals surface area (Å²) >= 11 is 0. The molecular weight excluding hydrogens is 270 g/mol. The number of amides is 1. The maximum Gasteiger partial charge on any atom is 0.221 e. The van der Waals surface area contributed by atoms with Crippen LogP contribution in [0.25, 0.3) is 0 Å². The van der Waals surface area contributed by atoms with E-state index in [-0.39, 0.29) is 0 Å². The molecule has 116 valence electrons. The average molecular weight is 293 g/mol. The van der Waals surface area contributed by atoms with Gasteiger partial charge in [-0.2, -0.15) is 0 Å². The SMILES string of the molecule is CCCCC=O.CN(Cc1cc(N)ccc1C=O)NC=O. The maximum absolute atomic E-state index is 10.7. The Kier molecular flexibility index (Phi) is 10.4. The van der Waals surface area contributed by atoms with Gasteiger partial charge in [0.05, 0.1) is 0 Å². The number of hydrogen-bond acceptors (Lipinski definition) is 5. The fraction of sp³-hybridized carbons (Fsp3) is 0.400. The van der Waals surface area contributed by atoms with Crippen molar-refractivity contribution in [2.24, 2.45) is 0 Å². The number of anilines is 1. The Balaban J connectivity index is 0.000000567. The lowest BCUT2D eigenvalue weighted by Crippen LogP contribution is -2.32. The third-order valence-corrected chi connectivity index (χ3v) is 2.65. The van der Waals surface area contributed by atoms with E-state index >= 15 is 0 Å². The first-order valence-corrected chi connectivity index (χ1v) is 6.77. The van der Waals surface area contributed by atoms with Crippen LogP contribution in [0.1, 0.15) is 42.1 Å². The molecule has 0 radical (unpaired) electrons. The van der Waals surface area contributed by atoms with Gasteiger partial charge in [-0.05, 0) is 30.2 Å². The normalized spacial score (nSPS) is 9.48. The molecule has 0 aliphatic heterocycles. The van der Waals surface area contributed by atoms with Gasteiger partial charge in [-0.1, -0.05) is 13.3 Å². The summed E-state index contributed by atoms with van der Waals surface area (Å²) in [6.07, 6.45) is 5.21. The minimum Gasteiger partial charge on any atom is -0.399 e. The summed E-state index contributed by atoms with van der Waals surface area (Å²) < 4.78 is 0. The van der Waals surface area contributed by atoms with Crippen molar-refractivity contribution in [3.8, 4) is 0 Å². The molecule has 0 aromatic heterocycles. The molecule has 0 atom stereocenters. The Morgan fingerprint density at radius 2 is 2.00 bits per heavy atom. The highest BCUT2D eigenvalue weighted by atomic mass is 16.1. The zero-order chi connectivity index (χ0) is 16.1. The predicted molar refractivity (Wildman–Crippen MR) is 82.5 cm³/mol. The first kappa shape index (κ1) is 18.8. The van der Waals surface area contributed by atoms with E-state index < -0.39 is 0 Å². The third kappa shape index (κ3) is 8.54. The van der Waals surface area contributed by atoms with E-state index in [1.54, 1.807) is 30.3 Å². The van der Waals surface area contributed by atoms with Crippen LogP contribution in [0.3, 0.4) is 0 Å². The van der Waals surface area contributed by atoms with Crippen molar-refractivity contribution in [3.05, 3.63) is 29.3 Å². The van der Waals surface area contributed by atoms with E-state index in [4.69, 9.17) is 5.73 Å². The molecule has 0 aliphatic carbocycles. The second-order valence-corrected chi connectivity index (χ2v) is 4.49. The van der Waals surface area contributed by atoms with Gasteiger partial charge in [0.25, 0.3) is 0 Å². The molecule has 0 saturated heterocycles. The molecule has 0 aliphatic rings. The average Bonchev–Trinajstić information content (AvgIpc) is 2.46. The highest BCUT2D eigenvalue weighted by molar-refractivity contribution is 5.78. The molecule has 1 aromatic carbocycles. The Hall–Kier alpha value is -2.21. The summed E-state index contributed by atoms with van der Waals surface area (Å²) in [5.41, 5.74) is 10.0. The van der Waals surface area contributed by atoms with Crippen molar-refractivity contribution in [2.45, 2.75) is 32.7 Å². The lowest BCUT2D eigenvalue weighted by molar-refractivity contribution is -0.113. The number of nitrogens with one attached hydrogen (secondary N) is 1. The quantitative estimate of drug-likeness (QED) is 0.328. The standard InChI is InChI=1S/C10H13N3O2.C5H10O/c1-13(12-7-15)5-9-4-10(11)3-2-8(9)6-14;1-2-3-4-5-6/h2-4,6-7H,5,11H2,1H3,(H,12,15);5H,2-4H2,1H3. The van der Waals surface area contributed by atoms with Crippen molar-refractivity contribution in [1.82, 2.24) is 10.4 Å². The topological polar surface area (TPSA) is 92.5 Å². The van der Waals surface area contributed by atoms with Crippen LogP contribution in [-0.4, -0.2) is 31.0 Å². The highest BCUT2D eigenvalue weighted by Gasteiger charge is 2.05. The van der Waals surface area contributed by atoms with E-state index in [2.05, 4.69) is 12.3 Å². The van der Waals surface area contributed by atoms with Crippen LogP contribution in [0, 0.1) is 0 Å². The molecule has 1 amide bonds. The van der Waals surface area contributed by atoms with Crippen LogP contribution < -0.4 is 11.2 Å². The third-order valence-electron chi connectivity index (χ3n) is 2.65. The summed E-state index contributed by atoms with van der Waals surface area (Å²) in [5, 5.41) is 1.56. The lowest BCUT2D eigenvalue weighted by atomic mass is 10.1. The van der Waals surface area contributed by atoms with Crippen LogP contribution in [0.4, 0.5) is 5.69 Å². The van der Waals surface area contributed by atoms with Gasteiger partial charge in [0.1, 0.15) is 12.6 Å². The van der Waals surface area contributed by atoms with Crippen molar-refractivity contribution >= 4 is 24.7 Å². The molecule has 3 N–H and O–H groups in total. The zero-order valence-electron chi connectivity index (χ0n) is 12.5. The number of unbranched alkanes of at least 4 members (excludes halogenated alkanes) is 2. The van der Waals surface area contributed by atoms with Gasteiger partial charge < -0.3 is 10.5 Å². The Labute approximate surface area is 125 Å². The fourth-order valence-corrected chi connectivity index (χ4v) is 1.56. The van der Waals surface area contributed by atoms with Crippen LogP contribution in [0.2, 0.25) is 0 Å². The van der Waals surface area contributed by atoms with E-state index in [0.717, 1.165) is 37.4 Å². The minimum atomic E-state index is 0.428. The van der Waals surface area contributed by atoms with Crippen LogP contribution in [-0.2, 0) is 16.1 Å². The first-order chi connectivity index (χ1) is 10.1.